The third kappa shape index (κ3) is 5.46. The van der Waals surface area contributed by atoms with Crippen LogP contribution in [-0.2, 0) is 9.53 Å². The van der Waals surface area contributed by atoms with E-state index in [4.69, 9.17) is 4.74 Å². The lowest BCUT2D eigenvalue weighted by atomic mass is 10.2. The van der Waals surface area contributed by atoms with Crippen molar-refractivity contribution in [2.75, 3.05) is 19.4 Å². The molecule has 0 heterocycles. The third-order valence-electron chi connectivity index (χ3n) is 2.68. The number of esters is 1. The predicted molar refractivity (Wildman–Crippen MR) is 75.8 cm³/mol. The molecule has 0 radical (unpaired) electrons. The molecule has 3 nitrogen and oxygen atoms in total. The number of carbonyl (C=O) groups excluding carboxylic acids is 1. The van der Waals surface area contributed by atoms with Gasteiger partial charge < -0.3 is 10.1 Å². The Labute approximate surface area is 122 Å². The quantitative estimate of drug-likeness (QED) is 0.592. The maximum Gasteiger partial charge on any atom is 0.322 e. The summed E-state index contributed by atoms with van der Waals surface area (Å²) in [5.74, 6) is -0.759. The Kier molecular flexibility index (Phi) is 7.54. The molecule has 0 saturated heterocycles. The molecule has 1 aromatic carbocycles. The molecule has 1 N–H and O–H groups in total. The molecule has 0 aliphatic rings. The van der Waals surface area contributed by atoms with E-state index in [0.29, 0.717) is 18.7 Å². The van der Waals surface area contributed by atoms with Crippen molar-refractivity contribution < 1.29 is 18.3 Å². The smallest absolute Gasteiger partial charge is 0.322 e. The molecule has 1 atom stereocenters. The Bertz CT molecular complexity index is 443. The first-order chi connectivity index (χ1) is 9.58. The summed E-state index contributed by atoms with van der Waals surface area (Å²) < 4.78 is 31.2. The van der Waals surface area contributed by atoms with Gasteiger partial charge in [0.25, 0.3) is 0 Å². The lowest BCUT2D eigenvalue weighted by molar-refractivity contribution is -0.143. The summed E-state index contributed by atoms with van der Waals surface area (Å²) in [5, 5.41) is 3.08. The van der Waals surface area contributed by atoms with Crippen molar-refractivity contribution in [2.24, 2.45) is 0 Å². The predicted octanol–water partition coefficient (Wildman–Crippen LogP) is 2.99. The van der Waals surface area contributed by atoms with Gasteiger partial charge in [-0.1, -0.05) is 6.92 Å². The van der Waals surface area contributed by atoms with Gasteiger partial charge in [-0.05, 0) is 37.6 Å². The van der Waals surface area contributed by atoms with Gasteiger partial charge in [-0.25, -0.2) is 8.78 Å². The summed E-state index contributed by atoms with van der Waals surface area (Å²) >= 11 is 1.19. The summed E-state index contributed by atoms with van der Waals surface area (Å²) in [6, 6.07) is 2.93. The van der Waals surface area contributed by atoms with E-state index in [9.17, 15) is 13.6 Å². The van der Waals surface area contributed by atoms with Crippen LogP contribution in [0.2, 0.25) is 0 Å². The van der Waals surface area contributed by atoms with Crippen LogP contribution in [0.3, 0.4) is 0 Å². The zero-order valence-electron chi connectivity index (χ0n) is 11.6. The van der Waals surface area contributed by atoms with Crippen molar-refractivity contribution >= 4 is 17.7 Å². The minimum absolute atomic E-state index is 0.254. The Morgan fingerprint density at radius 2 is 2.20 bits per heavy atom. The largest absolute Gasteiger partial charge is 0.468 e. The first kappa shape index (κ1) is 16.9. The summed E-state index contributed by atoms with van der Waals surface area (Å²) in [6.45, 7) is 2.71. The average molecular weight is 303 g/mol. The molecule has 1 unspecified atom stereocenters. The summed E-state index contributed by atoms with van der Waals surface area (Å²) in [4.78, 5) is 11.8. The maximum atomic E-state index is 13.4. The molecule has 0 aliphatic carbocycles. The number of rotatable bonds is 8. The van der Waals surface area contributed by atoms with Crippen LogP contribution in [0.25, 0.3) is 0 Å². The Balaban J connectivity index is 2.50. The topological polar surface area (TPSA) is 38.3 Å². The second-order valence-electron chi connectivity index (χ2n) is 4.24. The fourth-order valence-corrected chi connectivity index (χ4v) is 2.61. The molecule has 0 aromatic heterocycles. The van der Waals surface area contributed by atoms with Crippen LogP contribution in [0, 0.1) is 11.6 Å². The van der Waals surface area contributed by atoms with Crippen molar-refractivity contribution in [1.29, 1.82) is 0 Å². The first-order valence-corrected chi connectivity index (χ1v) is 7.46. The van der Waals surface area contributed by atoms with Gasteiger partial charge in [-0.3, -0.25) is 4.79 Å². The van der Waals surface area contributed by atoms with Crippen LogP contribution in [-0.4, -0.2) is 31.4 Å². The highest BCUT2D eigenvalue weighted by atomic mass is 32.2. The van der Waals surface area contributed by atoms with Crippen molar-refractivity contribution in [3.8, 4) is 0 Å². The fraction of sp³-hybridized carbons (Fsp3) is 0.500. The highest BCUT2D eigenvalue weighted by Crippen LogP contribution is 2.23. The maximum absolute atomic E-state index is 13.4. The number of benzene rings is 1. The number of carbonyl (C=O) groups is 1. The molecule has 20 heavy (non-hydrogen) atoms. The molecule has 1 aromatic rings. The first-order valence-electron chi connectivity index (χ1n) is 6.47. The van der Waals surface area contributed by atoms with Crippen LogP contribution in [0.15, 0.2) is 23.1 Å². The Morgan fingerprint density at radius 3 is 2.85 bits per heavy atom. The molecule has 112 valence electrons. The number of methoxy groups -OCH3 is 1. The molecule has 0 amide bonds. The molecule has 0 aliphatic heterocycles. The molecule has 1 rings (SSSR count). The number of hydrogen-bond acceptors (Lipinski definition) is 4. The zero-order valence-corrected chi connectivity index (χ0v) is 12.4. The fourth-order valence-electron chi connectivity index (χ4n) is 1.64. The van der Waals surface area contributed by atoms with Gasteiger partial charge in [0.2, 0.25) is 0 Å². The van der Waals surface area contributed by atoms with E-state index in [2.05, 4.69) is 5.32 Å². The number of ether oxygens (including phenoxy) is 1. The average Bonchev–Trinajstić information content (AvgIpc) is 2.45. The van der Waals surface area contributed by atoms with Crippen LogP contribution in [0.1, 0.15) is 19.8 Å². The Hall–Kier alpha value is -1.14. The molecule has 0 bridgehead atoms. The number of nitrogens with one attached hydrogen (secondary N) is 1. The van der Waals surface area contributed by atoms with Crippen LogP contribution < -0.4 is 5.32 Å². The molecule has 0 spiro atoms. The van der Waals surface area contributed by atoms with Gasteiger partial charge in [-0.15, -0.1) is 11.8 Å². The van der Waals surface area contributed by atoms with Gasteiger partial charge in [0.1, 0.15) is 17.7 Å². The molecular weight excluding hydrogens is 284 g/mol. The van der Waals surface area contributed by atoms with Crippen molar-refractivity contribution in [2.45, 2.75) is 30.7 Å². The minimum atomic E-state index is -0.470. The van der Waals surface area contributed by atoms with Crippen molar-refractivity contribution in [1.82, 2.24) is 5.32 Å². The monoisotopic (exact) mass is 303 g/mol. The molecule has 0 fully saturated rings. The van der Waals surface area contributed by atoms with E-state index in [-0.39, 0.29) is 10.9 Å². The molecular formula is C14H19F2NO2S. The highest BCUT2D eigenvalue weighted by molar-refractivity contribution is 7.99. The molecule has 0 saturated carbocycles. The van der Waals surface area contributed by atoms with Gasteiger partial charge in [0, 0.05) is 10.6 Å². The van der Waals surface area contributed by atoms with E-state index >= 15 is 0 Å². The van der Waals surface area contributed by atoms with Gasteiger partial charge in [-0.2, -0.15) is 0 Å². The Morgan fingerprint density at radius 1 is 1.45 bits per heavy atom. The molecule has 6 heteroatoms. The van der Waals surface area contributed by atoms with Crippen LogP contribution in [0.4, 0.5) is 8.78 Å². The van der Waals surface area contributed by atoms with Gasteiger partial charge in [0.05, 0.1) is 7.11 Å². The second-order valence-corrected chi connectivity index (χ2v) is 5.38. The standard InChI is InChI=1S/C14H19F2NO2S/c1-3-7-17-12(14(18)19-2)6-8-20-13-9-10(15)4-5-11(13)16/h4-5,9,12,17H,3,6-8H2,1-2H3. The summed E-state index contributed by atoms with van der Waals surface area (Å²) in [5.41, 5.74) is 0. The summed E-state index contributed by atoms with van der Waals surface area (Å²) in [7, 11) is 1.34. The van der Waals surface area contributed by atoms with E-state index < -0.39 is 17.7 Å². The lowest BCUT2D eigenvalue weighted by Crippen LogP contribution is -2.38. The van der Waals surface area contributed by atoms with E-state index in [1.165, 1.54) is 18.9 Å². The van der Waals surface area contributed by atoms with Crippen molar-refractivity contribution in [3.05, 3.63) is 29.8 Å². The lowest BCUT2D eigenvalue weighted by Gasteiger charge is -2.15. The van der Waals surface area contributed by atoms with E-state index in [1.807, 2.05) is 6.92 Å². The zero-order chi connectivity index (χ0) is 15.0. The number of hydrogen-bond donors (Lipinski definition) is 1. The third-order valence-corrected chi connectivity index (χ3v) is 3.75. The van der Waals surface area contributed by atoms with Crippen LogP contribution in [0.5, 0.6) is 0 Å². The van der Waals surface area contributed by atoms with Gasteiger partial charge >= 0.3 is 5.97 Å². The minimum Gasteiger partial charge on any atom is -0.468 e. The SMILES string of the molecule is CCCNC(CCSc1cc(F)ccc1F)C(=O)OC. The number of halogens is 2. The van der Waals surface area contributed by atoms with Crippen molar-refractivity contribution in [3.63, 3.8) is 0 Å². The van der Waals surface area contributed by atoms with E-state index in [0.717, 1.165) is 24.6 Å². The second kappa shape index (κ2) is 8.92. The van der Waals surface area contributed by atoms with E-state index in [1.54, 1.807) is 0 Å². The normalized spacial score (nSPS) is 12.2. The number of thioether (sulfide) groups is 1. The highest BCUT2D eigenvalue weighted by Gasteiger charge is 2.18. The summed E-state index contributed by atoms with van der Waals surface area (Å²) in [6.07, 6.45) is 1.40. The van der Waals surface area contributed by atoms with Crippen LogP contribution >= 0.6 is 11.8 Å². The van der Waals surface area contributed by atoms with Gasteiger partial charge in [0.15, 0.2) is 0 Å².